The Hall–Kier alpha value is -1.22. The molecule has 1 nitrogen and oxygen atoms in total. The largest absolute Gasteiger partial charge is 0.323 e. The quantitative estimate of drug-likeness (QED) is 0.741. The van der Waals surface area contributed by atoms with E-state index in [1.54, 1.807) is 13.0 Å². The molecule has 3 heteroatoms. The minimum absolute atomic E-state index is 0.0695. The zero-order valence-corrected chi connectivity index (χ0v) is 8.00. The predicted octanol–water partition coefficient (Wildman–Crippen LogP) is 2.79. The van der Waals surface area contributed by atoms with Crippen LogP contribution in [0.15, 0.2) is 30.9 Å². The Morgan fingerprint density at radius 2 is 1.86 bits per heavy atom. The van der Waals surface area contributed by atoms with Crippen LogP contribution in [0.3, 0.4) is 0 Å². The fraction of sp³-hybridized carbons (Fsp3) is 0.273. The molecule has 2 N–H and O–H groups in total. The van der Waals surface area contributed by atoms with Crippen LogP contribution in [0, 0.1) is 17.6 Å². The number of hydrogen-bond acceptors (Lipinski definition) is 1. The summed E-state index contributed by atoms with van der Waals surface area (Å²) in [6.07, 6.45) is 1.58. The molecule has 14 heavy (non-hydrogen) atoms. The Kier molecular flexibility index (Phi) is 3.36. The molecule has 0 unspecified atom stereocenters. The number of benzene rings is 1. The van der Waals surface area contributed by atoms with Crippen LogP contribution in [0.25, 0.3) is 0 Å². The maximum atomic E-state index is 13.2. The number of nitrogens with two attached hydrogens (primary N) is 1. The van der Waals surface area contributed by atoms with Crippen molar-refractivity contribution in [2.75, 3.05) is 0 Å². The van der Waals surface area contributed by atoms with E-state index >= 15 is 0 Å². The van der Waals surface area contributed by atoms with Gasteiger partial charge >= 0.3 is 0 Å². The number of hydrogen-bond donors (Lipinski definition) is 1. The van der Waals surface area contributed by atoms with Crippen LogP contribution in [-0.4, -0.2) is 0 Å². The van der Waals surface area contributed by atoms with Gasteiger partial charge in [0, 0.05) is 11.6 Å². The first-order chi connectivity index (χ1) is 6.57. The monoisotopic (exact) mass is 197 g/mol. The first-order valence-electron chi connectivity index (χ1n) is 4.40. The van der Waals surface area contributed by atoms with Crippen LogP contribution in [-0.2, 0) is 0 Å². The fourth-order valence-corrected chi connectivity index (χ4v) is 1.24. The summed E-state index contributed by atoms with van der Waals surface area (Å²) in [6, 6.07) is 3.04. The lowest BCUT2D eigenvalue weighted by atomic mass is 9.95. The van der Waals surface area contributed by atoms with Gasteiger partial charge in [0.2, 0.25) is 0 Å². The molecule has 1 aromatic rings. The summed E-state index contributed by atoms with van der Waals surface area (Å²) in [7, 11) is 0. The van der Waals surface area contributed by atoms with Crippen molar-refractivity contribution in [1.29, 1.82) is 0 Å². The first-order valence-corrected chi connectivity index (χ1v) is 4.40. The molecular weight excluding hydrogens is 184 g/mol. The molecule has 0 saturated heterocycles. The van der Waals surface area contributed by atoms with Crippen LogP contribution < -0.4 is 5.73 Å². The number of halogens is 2. The fourth-order valence-electron chi connectivity index (χ4n) is 1.24. The molecule has 2 atom stereocenters. The molecule has 0 radical (unpaired) electrons. The second kappa shape index (κ2) is 4.33. The summed E-state index contributed by atoms with van der Waals surface area (Å²) in [4.78, 5) is 0. The van der Waals surface area contributed by atoms with Crippen molar-refractivity contribution < 1.29 is 8.78 Å². The van der Waals surface area contributed by atoms with Crippen molar-refractivity contribution in [2.45, 2.75) is 13.0 Å². The van der Waals surface area contributed by atoms with Gasteiger partial charge in [-0.3, -0.25) is 0 Å². The first kappa shape index (κ1) is 10.9. The average molecular weight is 197 g/mol. The van der Waals surface area contributed by atoms with E-state index in [-0.39, 0.29) is 11.5 Å². The Morgan fingerprint density at radius 3 is 2.29 bits per heavy atom. The Labute approximate surface area is 82.2 Å². The highest BCUT2D eigenvalue weighted by Crippen LogP contribution is 2.25. The van der Waals surface area contributed by atoms with Crippen molar-refractivity contribution in [1.82, 2.24) is 0 Å². The molecule has 0 aliphatic rings. The lowest BCUT2D eigenvalue weighted by molar-refractivity contribution is 0.481. The van der Waals surface area contributed by atoms with E-state index in [4.69, 9.17) is 5.73 Å². The van der Waals surface area contributed by atoms with Crippen LogP contribution in [0.4, 0.5) is 8.78 Å². The van der Waals surface area contributed by atoms with E-state index < -0.39 is 17.7 Å². The van der Waals surface area contributed by atoms with E-state index in [9.17, 15) is 8.78 Å². The second-order valence-corrected chi connectivity index (χ2v) is 3.26. The van der Waals surface area contributed by atoms with Gasteiger partial charge in [-0.05, 0) is 18.1 Å². The molecule has 0 saturated carbocycles. The van der Waals surface area contributed by atoms with E-state index in [0.717, 1.165) is 0 Å². The molecule has 0 amide bonds. The molecule has 0 heterocycles. The van der Waals surface area contributed by atoms with Gasteiger partial charge in [0.1, 0.15) is 11.6 Å². The van der Waals surface area contributed by atoms with Gasteiger partial charge < -0.3 is 5.73 Å². The van der Waals surface area contributed by atoms with Crippen molar-refractivity contribution in [2.24, 2.45) is 11.7 Å². The Bertz CT molecular complexity index is 316. The van der Waals surface area contributed by atoms with E-state index in [0.29, 0.717) is 0 Å². The highest BCUT2D eigenvalue weighted by atomic mass is 19.1. The lowest BCUT2D eigenvalue weighted by Gasteiger charge is -2.17. The van der Waals surface area contributed by atoms with Crippen LogP contribution >= 0.6 is 0 Å². The highest BCUT2D eigenvalue weighted by molar-refractivity contribution is 5.24. The van der Waals surface area contributed by atoms with Crippen LogP contribution in [0.5, 0.6) is 0 Å². The molecule has 76 valence electrons. The maximum absolute atomic E-state index is 13.2. The van der Waals surface area contributed by atoms with Gasteiger partial charge in [0.05, 0.1) is 0 Å². The van der Waals surface area contributed by atoms with Gasteiger partial charge in [0.25, 0.3) is 0 Å². The van der Waals surface area contributed by atoms with Crippen LogP contribution in [0.1, 0.15) is 18.5 Å². The Morgan fingerprint density at radius 1 is 1.36 bits per heavy atom. The van der Waals surface area contributed by atoms with Gasteiger partial charge in [-0.15, -0.1) is 6.58 Å². The van der Waals surface area contributed by atoms with Gasteiger partial charge in [0.15, 0.2) is 0 Å². The third kappa shape index (κ3) is 1.99. The third-order valence-corrected chi connectivity index (χ3v) is 2.27. The molecule has 0 bridgehead atoms. The number of rotatable bonds is 3. The summed E-state index contributed by atoms with van der Waals surface area (Å²) >= 11 is 0. The van der Waals surface area contributed by atoms with Gasteiger partial charge in [-0.25, -0.2) is 8.78 Å². The summed E-state index contributed by atoms with van der Waals surface area (Å²) in [5.41, 5.74) is 5.63. The average Bonchev–Trinajstić information content (AvgIpc) is 2.16. The molecule has 1 aromatic carbocycles. The third-order valence-electron chi connectivity index (χ3n) is 2.27. The molecule has 0 aromatic heterocycles. The highest BCUT2D eigenvalue weighted by Gasteiger charge is 2.19. The van der Waals surface area contributed by atoms with Crippen LogP contribution in [0.2, 0.25) is 0 Å². The summed E-state index contributed by atoms with van der Waals surface area (Å²) in [5.74, 6) is -1.38. The normalized spacial score (nSPS) is 14.9. The second-order valence-electron chi connectivity index (χ2n) is 3.26. The maximum Gasteiger partial charge on any atom is 0.130 e. The lowest BCUT2D eigenvalue weighted by Crippen LogP contribution is -2.20. The Balaban J connectivity index is 3.11. The smallest absolute Gasteiger partial charge is 0.130 e. The van der Waals surface area contributed by atoms with Crippen molar-refractivity contribution >= 4 is 0 Å². The molecule has 0 aliphatic heterocycles. The van der Waals surface area contributed by atoms with E-state index in [2.05, 4.69) is 6.58 Å². The minimum atomic E-state index is -0.686. The van der Waals surface area contributed by atoms with Crippen molar-refractivity contribution in [3.63, 3.8) is 0 Å². The van der Waals surface area contributed by atoms with E-state index in [1.807, 2.05) is 0 Å². The summed E-state index contributed by atoms with van der Waals surface area (Å²) in [6.45, 7) is 5.31. The SMILES string of the molecule is C=C[C@@H](C)[C@@H](N)c1c(F)cccc1F. The molecule has 0 fully saturated rings. The standard InChI is InChI=1S/C11H13F2N/c1-3-7(2)11(14)10-8(12)5-4-6-9(10)13/h3-7,11H,1,14H2,2H3/t7-,11-/m1/s1. The zero-order chi connectivity index (χ0) is 10.7. The van der Waals surface area contributed by atoms with E-state index in [1.165, 1.54) is 18.2 Å². The minimum Gasteiger partial charge on any atom is -0.323 e. The van der Waals surface area contributed by atoms with Crippen molar-refractivity contribution in [3.8, 4) is 0 Å². The van der Waals surface area contributed by atoms with Crippen molar-refractivity contribution in [3.05, 3.63) is 48.1 Å². The molecule has 0 aliphatic carbocycles. The molecule has 1 rings (SSSR count). The molecular formula is C11H13F2N. The zero-order valence-electron chi connectivity index (χ0n) is 8.00. The van der Waals surface area contributed by atoms with Gasteiger partial charge in [-0.2, -0.15) is 0 Å². The van der Waals surface area contributed by atoms with Gasteiger partial charge in [-0.1, -0.05) is 19.1 Å². The summed E-state index contributed by atoms with van der Waals surface area (Å²) in [5, 5.41) is 0. The topological polar surface area (TPSA) is 26.0 Å². The summed E-state index contributed by atoms with van der Waals surface area (Å²) < 4.78 is 26.5. The molecule has 0 spiro atoms. The predicted molar refractivity (Wildman–Crippen MR) is 52.6 cm³/mol.